The van der Waals surface area contributed by atoms with Gasteiger partial charge >= 0.3 is 0 Å². The van der Waals surface area contributed by atoms with Crippen molar-refractivity contribution < 1.29 is 9.47 Å². The summed E-state index contributed by atoms with van der Waals surface area (Å²) >= 11 is 0. The molecule has 0 aromatic heterocycles. The average Bonchev–Trinajstić information content (AvgIpc) is 2.14. The molecule has 0 aromatic carbocycles. The lowest BCUT2D eigenvalue weighted by Crippen LogP contribution is -2.32. The highest BCUT2D eigenvalue weighted by atomic mass is 16.5. The largest absolute Gasteiger partial charge is 0.382 e. The van der Waals surface area contributed by atoms with Crippen LogP contribution in [0.1, 0.15) is 26.7 Å². The molecular weight excluding hydrogens is 166 g/mol. The highest BCUT2D eigenvalue weighted by Gasteiger charge is 2.06. The Kier molecular flexibility index (Phi) is 9.87. The minimum atomic E-state index is 0.205. The first kappa shape index (κ1) is 12.9. The second kappa shape index (κ2) is 9.96. The van der Waals surface area contributed by atoms with Crippen LogP contribution in [0, 0.1) is 0 Å². The SMILES string of the molecule is CCCCOC(CNCC)COC. The first-order valence-electron chi connectivity index (χ1n) is 5.16. The number of unbranched alkanes of at least 4 members (excludes halogenated alkanes) is 1. The summed E-state index contributed by atoms with van der Waals surface area (Å²) in [6, 6.07) is 0. The Morgan fingerprint density at radius 1 is 1.31 bits per heavy atom. The molecule has 80 valence electrons. The number of methoxy groups -OCH3 is 1. The van der Waals surface area contributed by atoms with Gasteiger partial charge < -0.3 is 14.8 Å². The Bertz CT molecular complexity index is 98.9. The predicted molar refractivity (Wildman–Crippen MR) is 55.1 cm³/mol. The van der Waals surface area contributed by atoms with Gasteiger partial charge in [0.05, 0.1) is 12.7 Å². The Labute approximate surface area is 81.8 Å². The Morgan fingerprint density at radius 3 is 2.62 bits per heavy atom. The van der Waals surface area contributed by atoms with Crippen molar-refractivity contribution in [2.24, 2.45) is 0 Å². The van der Waals surface area contributed by atoms with Gasteiger partial charge in [-0.2, -0.15) is 0 Å². The maximum atomic E-state index is 5.64. The molecule has 0 aromatic rings. The van der Waals surface area contributed by atoms with Crippen LogP contribution in [0.25, 0.3) is 0 Å². The zero-order chi connectivity index (χ0) is 9.94. The third-order valence-corrected chi connectivity index (χ3v) is 1.83. The smallest absolute Gasteiger partial charge is 0.0932 e. The molecular formula is C10H23NO2. The van der Waals surface area contributed by atoms with Crippen LogP contribution in [0.2, 0.25) is 0 Å². The molecule has 0 rings (SSSR count). The molecule has 0 heterocycles. The lowest BCUT2D eigenvalue weighted by molar-refractivity contribution is -0.00172. The van der Waals surface area contributed by atoms with Crippen molar-refractivity contribution in [3.63, 3.8) is 0 Å². The average molecular weight is 189 g/mol. The molecule has 13 heavy (non-hydrogen) atoms. The fourth-order valence-electron chi connectivity index (χ4n) is 1.05. The summed E-state index contributed by atoms with van der Waals surface area (Å²) in [5.41, 5.74) is 0. The Hall–Kier alpha value is -0.120. The Morgan fingerprint density at radius 2 is 2.08 bits per heavy atom. The fourth-order valence-corrected chi connectivity index (χ4v) is 1.05. The normalized spacial score (nSPS) is 13.2. The highest BCUT2D eigenvalue weighted by molar-refractivity contribution is 4.59. The van der Waals surface area contributed by atoms with Crippen LogP contribution in [0.15, 0.2) is 0 Å². The summed E-state index contributed by atoms with van der Waals surface area (Å²) in [7, 11) is 1.71. The first-order valence-corrected chi connectivity index (χ1v) is 5.16. The van der Waals surface area contributed by atoms with Gasteiger partial charge in [-0.3, -0.25) is 0 Å². The number of hydrogen-bond acceptors (Lipinski definition) is 3. The van der Waals surface area contributed by atoms with Crippen molar-refractivity contribution in [1.29, 1.82) is 0 Å². The summed E-state index contributed by atoms with van der Waals surface area (Å²) < 4.78 is 10.7. The second-order valence-electron chi connectivity index (χ2n) is 3.11. The second-order valence-corrected chi connectivity index (χ2v) is 3.11. The van der Waals surface area contributed by atoms with Crippen molar-refractivity contribution in [1.82, 2.24) is 5.32 Å². The molecule has 3 nitrogen and oxygen atoms in total. The lowest BCUT2D eigenvalue weighted by atomic mass is 10.3. The molecule has 1 N–H and O–H groups in total. The quantitative estimate of drug-likeness (QED) is 0.557. The van der Waals surface area contributed by atoms with Gasteiger partial charge in [-0.05, 0) is 13.0 Å². The number of likely N-dealkylation sites (N-methyl/N-ethyl adjacent to an activating group) is 1. The van der Waals surface area contributed by atoms with Crippen LogP contribution in [-0.2, 0) is 9.47 Å². The summed E-state index contributed by atoms with van der Waals surface area (Å²) in [4.78, 5) is 0. The van der Waals surface area contributed by atoms with Crippen LogP contribution in [-0.4, -0.2) is 39.5 Å². The summed E-state index contributed by atoms with van der Waals surface area (Å²) in [5.74, 6) is 0. The third kappa shape index (κ3) is 8.22. The van der Waals surface area contributed by atoms with Gasteiger partial charge in [-0.25, -0.2) is 0 Å². The number of hydrogen-bond donors (Lipinski definition) is 1. The van der Waals surface area contributed by atoms with Crippen LogP contribution >= 0.6 is 0 Å². The summed E-state index contributed by atoms with van der Waals surface area (Å²) in [6.45, 7) is 7.65. The van der Waals surface area contributed by atoms with Gasteiger partial charge in [0.25, 0.3) is 0 Å². The van der Waals surface area contributed by atoms with E-state index in [1.165, 1.54) is 6.42 Å². The van der Waals surface area contributed by atoms with E-state index in [4.69, 9.17) is 9.47 Å². The van der Waals surface area contributed by atoms with Gasteiger partial charge in [0.2, 0.25) is 0 Å². The Balaban J connectivity index is 3.41. The lowest BCUT2D eigenvalue weighted by Gasteiger charge is -2.16. The van der Waals surface area contributed by atoms with Crippen LogP contribution in [0.3, 0.4) is 0 Å². The van der Waals surface area contributed by atoms with Crippen molar-refractivity contribution in [2.45, 2.75) is 32.8 Å². The van der Waals surface area contributed by atoms with E-state index in [1.54, 1.807) is 7.11 Å². The van der Waals surface area contributed by atoms with Crippen molar-refractivity contribution in [3.8, 4) is 0 Å². The molecule has 0 radical (unpaired) electrons. The van der Waals surface area contributed by atoms with E-state index in [0.29, 0.717) is 6.61 Å². The van der Waals surface area contributed by atoms with Crippen molar-refractivity contribution in [3.05, 3.63) is 0 Å². The van der Waals surface area contributed by atoms with E-state index in [1.807, 2.05) is 0 Å². The molecule has 3 heteroatoms. The van der Waals surface area contributed by atoms with E-state index < -0.39 is 0 Å². The molecule has 0 saturated carbocycles. The van der Waals surface area contributed by atoms with Crippen molar-refractivity contribution >= 4 is 0 Å². The maximum Gasteiger partial charge on any atom is 0.0932 e. The van der Waals surface area contributed by atoms with Gasteiger partial charge in [0.15, 0.2) is 0 Å². The maximum absolute atomic E-state index is 5.64. The standard InChI is InChI=1S/C10H23NO2/c1-4-6-7-13-10(9-12-3)8-11-5-2/h10-11H,4-9H2,1-3H3. The van der Waals surface area contributed by atoms with Crippen LogP contribution in [0.5, 0.6) is 0 Å². The van der Waals surface area contributed by atoms with E-state index in [0.717, 1.165) is 26.1 Å². The van der Waals surface area contributed by atoms with E-state index in [2.05, 4.69) is 19.2 Å². The molecule has 0 amide bonds. The van der Waals surface area contributed by atoms with Gasteiger partial charge in [-0.15, -0.1) is 0 Å². The zero-order valence-electron chi connectivity index (χ0n) is 9.14. The minimum absolute atomic E-state index is 0.205. The highest BCUT2D eigenvalue weighted by Crippen LogP contribution is 1.95. The van der Waals surface area contributed by atoms with Gasteiger partial charge in [-0.1, -0.05) is 20.3 Å². The van der Waals surface area contributed by atoms with Crippen LogP contribution in [0.4, 0.5) is 0 Å². The van der Waals surface area contributed by atoms with Gasteiger partial charge in [0.1, 0.15) is 0 Å². The van der Waals surface area contributed by atoms with E-state index in [9.17, 15) is 0 Å². The van der Waals surface area contributed by atoms with Crippen molar-refractivity contribution in [2.75, 3.05) is 33.4 Å². The molecule has 0 bridgehead atoms. The monoisotopic (exact) mass is 189 g/mol. The predicted octanol–water partition coefficient (Wildman–Crippen LogP) is 1.43. The molecule has 0 aliphatic carbocycles. The summed E-state index contributed by atoms with van der Waals surface area (Å²) in [6.07, 6.45) is 2.52. The third-order valence-electron chi connectivity index (χ3n) is 1.83. The number of ether oxygens (including phenoxy) is 2. The number of nitrogens with one attached hydrogen (secondary N) is 1. The number of rotatable bonds is 9. The molecule has 0 saturated heterocycles. The molecule has 1 unspecified atom stereocenters. The molecule has 0 aliphatic rings. The van der Waals surface area contributed by atoms with E-state index in [-0.39, 0.29) is 6.10 Å². The molecule has 1 atom stereocenters. The van der Waals surface area contributed by atoms with E-state index >= 15 is 0 Å². The summed E-state index contributed by atoms with van der Waals surface area (Å²) in [5, 5.41) is 3.26. The van der Waals surface area contributed by atoms with Gasteiger partial charge in [0, 0.05) is 20.3 Å². The first-order chi connectivity index (χ1) is 6.35. The fraction of sp³-hybridized carbons (Fsp3) is 1.00. The molecule has 0 fully saturated rings. The zero-order valence-corrected chi connectivity index (χ0v) is 9.14. The minimum Gasteiger partial charge on any atom is -0.382 e. The molecule has 0 aliphatic heterocycles. The van der Waals surface area contributed by atoms with Crippen LogP contribution < -0.4 is 5.32 Å². The topological polar surface area (TPSA) is 30.5 Å². The molecule has 0 spiro atoms.